The number of nitrogens with zero attached hydrogens (tertiary/aromatic N) is 2. The standard InChI is InChI=1S/C14H34N2/c1-8-15(6,9-2)12-14(5)13-16(7,10-3)11-4/h14H,8-13H2,1-7H3/q+2. The van der Waals surface area contributed by atoms with E-state index in [0.717, 1.165) is 5.92 Å². The number of hydrogen-bond acceptors (Lipinski definition) is 0. The Balaban J connectivity index is 4.31. The molecule has 0 bridgehead atoms. The van der Waals surface area contributed by atoms with Gasteiger partial charge < -0.3 is 8.97 Å². The van der Waals surface area contributed by atoms with Crippen molar-refractivity contribution in [2.45, 2.75) is 34.6 Å². The molecule has 0 N–H and O–H groups in total. The van der Waals surface area contributed by atoms with Crippen molar-refractivity contribution in [1.82, 2.24) is 0 Å². The minimum Gasteiger partial charge on any atom is -0.326 e. The summed E-state index contributed by atoms with van der Waals surface area (Å²) in [6.07, 6.45) is 0. The highest BCUT2D eigenvalue weighted by Crippen LogP contribution is 2.13. The van der Waals surface area contributed by atoms with E-state index in [2.05, 4.69) is 48.7 Å². The molecule has 0 unspecified atom stereocenters. The second-order valence-electron chi connectivity index (χ2n) is 5.97. The highest BCUT2D eigenvalue weighted by Gasteiger charge is 2.26. The Morgan fingerprint density at radius 1 is 0.688 bits per heavy atom. The topological polar surface area (TPSA) is 0 Å². The quantitative estimate of drug-likeness (QED) is 0.562. The van der Waals surface area contributed by atoms with Crippen LogP contribution in [-0.4, -0.2) is 62.3 Å². The number of hydrogen-bond donors (Lipinski definition) is 0. The van der Waals surface area contributed by atoms with Crippen molar-refractivity contribution in [3.05, 3.63) is 0 Å². The van der Waals surface area contributed by atoms with Gasteiger partial charge in [-0.15, -0.1) is 0 Å². The smallest absolute Gasteiger partial charge is 0.0864 e. The summed E-state index contributed by atoms with van der Waals surface area (Å²) < 4.78 is 2.43. The van der Waals surface area contributed by atoms with E-state index in [-0.39, 0.29) is 0 Å². The van der Waals surface area contributed by atoms with Gasteiger partial charge in [-0.05, 0) is 27.7 Å². The van der Waals surface area contributed by atoms with Crippen LogP contribution in [0.25, 0.3) is 0 Å². The van der Waals surface area contributed by atoms with Crippen molar-refractivity contribution in [3.63, 3.8) is 0 Å². The second kappa shape index (κ2) is 6.61. The lowest BCUT2D eigenvalue weighted by Crippen LogP contribution is -2.52. The van der Waals surface area contributed by atoms with Gasteiger partial charge in [0.1, 0.15) is 0 Å². The van der Waals surface area contributed by atoms with Crippen LogP contribution in [0.1, 0.15) is 34.6 Å². The van der Waals surface area contributed by atoms with Gasteiger partial charge >= 0.3 is 0 Å². The van der Waals surface area contributed by atoms with Crippen LogP contribution >= 0.6 is 0 Å². The summed E-state index contributed by atoms with van der Waals surface area (Å²) in [5.74, 6) is 0.815. The van der Waals surface area contributed by atoms with Crippen LogP contribution in [0.2, 0.25) is 0 Å². The van der Waals surface area contributed by atoms with Gasteiger partial charge in [0.05, 0.1) is 59.3 Å². The van der Waals surface area contributed by atoms with Gasteiger partial charge in [-0.25, -0.2) is 0 Å². The lowest BCUT2D eigenvalue weighted by molar-refractivity contribution is -0.930. The summed E-state index contributed by atoms with van der Waals surface area (Å²) in [5, 5.41) is 0. The molecule has 0 spiro atoms. The zero-order chi connectivity index (χ0) is 12.8. The van der Waals surface area contributed by atoms with Crippen molar-refractivity contribution >= 4 is 0 Å². The van der Waals surface area contributed by atoms with Crippen molar-refractivity contribution in [3.8, 4) is 0 Å². The second-order valence-corrected chi connectivity index (χ2v) is 5.97. The maximum absolute atomic E-state index is 2.42. The van der Waals surface area contributed by atoms with Crippen LogP contribution in [0.5, 0.6) is 0 Å². The normalized spacial score (nSPS) is 13.5. The third kappa shape index (κ3) is 4.84. The molecule has 2 nitrogen and oxygen atoms in total. The zero-order valence-electron chi connectivity index (χ0n) is 12.7. The Hall–Kier alpha value is -0.0800. The van der Waals surface area contributed by atoms with Crippen molar-refractivity contribution in [2.24, 2.45) is 5.92 Å². The first-order valence-electron chi connectivity index (χ1n) is 7.01. The molecule has 0 aliphatic heterocycles. The predicted octanol–water partition coefficient (Wildman–Crippen LogP) is 2.60. The molecule has 0 aromatic rings. The van der Waals surface area contributed by atoms with Crippen LogP contribution in [0, 0.1) is 5.92 Å². The SMILES string of the molecule is CC[N+](C)(CC)CC(C)C[N+](C)(CC)CC. The Labute approximate surface area is 103 Å². The first-order valence-corrected chi connectivity index (χ1v) is 7.01. The van der Waals surface area contributed by atoms with Gasteiger partial charge in [0.2, 0.25) is 0 Å². The van der Waals surface area contributed by atoms with Crippen LogP contribution in [0.3, 0.4) is 0 Å². The highest BCUT2D eigenvalue weighted by molar-refractivity contribution is 4.51. The lowest BCUT2D eigenvalue weighted by Gasteiger charge is -2.39. The monoisotopic (exact) mass is 230 g/mol. The molecule has 0 radical (unpaired) electrons. The fraction of sp³-hybridized carbons (Fsp3) is 1.00. The van der Waals surface area contributed by atoms with Crippen LogP contribution in [0.15, 0.2) is 0 Å². The van der Waals surface area contributed by atoms with E-state index in [0.29, 0.717) is 0 Å². The molecule has 0 aromatic carbocycles. The molecule has 0 fully saturated rings. The molecule has 0 saturated carbocycles. The molecule has 0 aliphatic carbocycles. The third-order valence-electron chi connectivity index (χ3n) is 4.56. The molecule has 98 valence electrons. The molecule has 0 rings (SSSR count). The van der Waals surface area contributed by atoms with E-state index in [1.807, 2.05) is 0 Å². The van der Waals surface area contributed by atoms with E-state index in [9.17, 15) is 0 Å². The number of rotatable bonds is 8. The van der Waals surface area contributed by atoms with Crippen molar-refractivity contribution in [1.29, 1.82) is 0 Å². The molecule has 0 aromatic heterocycles. The largest absolute Gasteiger partial charge is 0.326 e. The lowest BCUT2D eigenvalue weighted by atomic mass is 10.1. The van der Waals surface area contributed by atoms with Gasteiger partial charge in [0, 0.05) is 0 Å². The molecule has 0 amide bonds. The van der Waals surface area contributed by atoms with E-state index in [1.54, 1.807) is 0 Å². The highest BCUT2D eigenvalue weighted by atomic mass is 15.3. The fourth-order valence-electron chi connectivity index (χ4n) is 2.53. The van der Waals surface area contributed by atoms with Crippen LogP contribution in [-0.2, 0) is 0 Å². The first-order chi connectivity index (χ1) is 7.34. The molecule has 2 heteroatoms. The van der Waals surface area contributed by atoms with Gasteiger partial charge in [-0.2, -0.15) is 0 Å². The van der Waals surface area contributed by atoms with Crippen LogP contribution in [0.4, 0.5) is 0 Å². The maximum Gasteiger partial charge on any atom is 0.0864 e. The molecule has 0 atom stereocenters. The maximum atomic E-state index is 2.42. The summed E-state index contributed by atoms with van der Waals surface area (Å²) in [7, 11) is 4.78. The minimum absolute atomic E-state index is 0.815. The van der Waals surface area contributed by atoms with Crippen molar-refractivity contribution < 1.29 is 8.97 Å². The predicted molar refractivity (Wildman–Crippen MR) is 73.4 cm³/mol. The third-order valence-corrected chi connectivity index (χ3v) is 4.56. The molecule has 0 aliphatic rings. The van der Waals surface area contributed by atoms with E-state index < -0.39 is 0 Å². The average Bonchev–Trinajstić information content (AvgIpc) is 2.28. The summed E-state index contributed by atoms with van der Waals surface area (Å²) in [6.45, 7) is 19.3. The summed E-state index contributed by atoms with van der Waals surface area (Å²) in [6, 6.07) is 0. The molecular weight excluding hydrogens is 196 g/mol. The first kappa shape index (κ1) is 15.9. The van der Waals surface area contributed by atoms with E-state index in [1.165, 1.54) is 48.2 Å². The Kier molecular flexibility index (Phi) is 6.57. The van der Waals surface area contributed by atoms with E-state index >= 15 is 0 Å². The average molecular weight is 230 g/mol. The van der Waals surface area contributed by atoms with E-state index in [4.69, 9.17) is 0 Å². The fourth-order valence-corrected chi connectivity index (χ4v) is 2.53. The molecule has 0 saturated heterocycles. The van der Waals surface area contributed by atoms with Gasteiger partial charge in [0.25, 0.3) is 0 Å². The van der Waals surface area contributed by atoms with Gasteiger partial charge in [0.15, 0.2) is 0 Å². The Morgan fingerprint density at radius 3 is 1.12 bits per heavy atom. The van der Waals surface area contributed by atoms with Gasteiger partial charge in [-0.1, -0.05) is 6.92 Å². The molecular formula is C14H34N2+2. The van der Waals surface area contributed by atoms with Gasteiger partial charge in [-0.3, -0.25) is 0 Å². The minimum atomic E-state index is 0.815. The Bertz CT molecular complexity index is 161. The molecule has 0 heterocycles. The van der Waals surface area contributed by atoms with Crippen molar-refractivity contribution in [2.75, 3.05) is 53.4 Å². The Morgan fingerprint density at radius 2 is 0.938 bits per heavy atom. The van der Waals surface area contributed by atoms with Crippen LogP contribution < -0.4 is 0 Å². The zero-order valence-corrected chi connectivity index (χ0v) is 12.7. The number of quaternary nitrogens is 2. The summed E-state index contributed by atoms with van der Waals surface area (Å²) >= 11 is 0. The molecule has 16 heavy (non-hydrogen) atoms. The summed E-state index contributed by atoms with van der Waals surface area (Å²) in [5.41, 5.74) is 0. The summed E-state index contributed by atoms with van der Waals surface area (Å²) in [4.78, 5) is 0.